The third-order valence-electron chi connectivity index (χ3n) is 1.88. The van der Waals surface area contributed by atoms with Crippen LogP contribution in [0.3, 0.4) is 0 Å². The summed E-state index contributed by atoms with van der Waals surface area (Å²) in [6, 6.07) is 0. The first-order valence-corrected chi connectivity index (χ1v) is 5.10. The fourth-order valence-corrected chi connectivity index (χ4v) is 2.21. The predicted molar refractivity (Wildman–Crippen MR) is 44.8 cm³/mol. The van der Waals surface area contributed by atoms with E-state index in [0.717, 1.165) is 0 Å². The summed E-state index contributed by atoms with van der Waals surface area (Å²) in [6.45, 7) is -0.291. The zero-order valence-electron chi connectivity index (χ0n) is 6.79. The van der Waals surface area contributed by atoms with E-state index in [0.29, 0.717) is 12.8 Å². The lowest BCUT2D eigenvalue weighted by Crippen LogP contribution is -2.32. The maximum absolute atomic E-state index is 11.3. The van der Waals surface area contributed by atoms with Crippen molar-refractivity contribution in [3.05, 3.63) is 0 Å². The van der Waals surface area contributed by atoms with Gasteiger partial charge in [-0.3, -0.25) is 0 Å². The Morgan fingerprint density at radius 2 is 2.17 bits per heavy atom. The molecular formula is C7H11NO3S. The van der Waals surface area contributed by atoms with Gasteiger partial charge in [0.2, 0.25) is 10.0 Å². The number of hydrogen-bond donors (Lipinski definition) is 2. The van der Waals surface area contributed by atoms with Gasteiger partial charge in [0.15, 0.2) is 0 Å². The first-order valence-electron chi connectivity index (χ1n) is 3.62. The van der Waals surface area contributed by atoms with Crippen LogP contribution in [0.25, 0.3) is 0 Å². The van der Waals surface area contributed by atoms with E-state index in [2.05, 4.69) is 16.6 Å². The smallest absolute Gasteiger partial charge is 0.228 e. The van der Waals surface area contributed by atoms with Gasteiger partial charge >= 0.3 is 0 Å². The van der Waals surface area contributed by atoms with Crippen LogP contribution < -0.4 is 4.72 Å². The molecule has 0 bridgehead atoms. The van der Waals surface area contributed by atoms with Crippen LogP contribution in [0.15, 0.2) is 0 Å². The fraction of sp³-hybridized carbons (Fsp3) is 0.714. The Morgan fingerprint density at radius 3 is 2.50 bits per heavy atom. The van der Waals surface area contributed by atoms with E-state index in [4.69, 9.17) is 5.11 Å². The van der Waals surface area contributed by atoms with E-state index >= 15 is 0 Å². The Hall–Kier alpha value is -0.570. The molecule has 0 amide bonds. The normalized spacial score (nSPS) is 19.5. The average molecular weight is 189 g/mol. The monoisotopic (exact) mass is 189 g/mol. The summed E-state index contributed by atoms with van der Waals surface area (Å²) in [4.78, 5) is 0. The predicted octanol–water partition coefficient (Wildman–Crippen LogP) is -0.936. The Bertz CT molecular complexity index is 318. The number of aliphatic hydroxyl groups is 1. The van der Waals surface area contributed by atoms with Crippen LogP contribution >= 0.6 is 0 Å². The number of aliphatic hydroxyl groups excluding tert-OH is 1. The molecule has 0 atom stereocenters. The molecule has 2 N–H and O–H groups in total. The molecule has 1 saturated carbocycles. The van der Waals surface area contributed by atoms with Gasteiger partial charge in [0.05, 0.1) is 0 Å². The van der Waals surface area contributed by atoms with Gasteiger partial charge in [-0.05, 0) is 19.9 Å². The Kier molecular flexibility index (Phi) is 2.42. The van der Waals surface area contributed by atoms with Crippen molar-refractivity contribution >= 4 is 10.0 Å². The van der Waals surface area contributed by atoms with Gasteiger partial charge in [0.25, 0.3) is 0 Å². The van der Waals surface area contributed by atoms with Crippen molar-refractivity contribution in [2.45, 2.75) is 17.6 Å². The molecule has 1 fully saturated rings. The maximum atomic E-state index is 11.3. The van der Waals surface area contributed by atoms with Crippen LogP contribution in [0.5, 0.6) is 0 Å². The lowest BCUT2D eigenvalue weighted by molar-refractivity contribution is 0.350. The second kappa shape index (κ2) is 3.05. The van der Waals surface area contributed by atoms with Gasteiger partial charge < -0.3 is 5.11 Å². The van der Waals surface area contributed by atoms with Gasteiger partial charge in [-0.25, -0.2) is 13.1 Å². The Labute approximate surface area is 72.0 Å². The van der Waals surface area contributed by atoms with E-state index in [-0.39, 0.29) is 6.61 Å². The van der Waals surface area contributed by atoms with Crippen molar-refractivity contribution in [2.24, 2.45) is 0 Å². The molecule has 0 saturated heterocycles. The van der Waals surface area contributed by atoms with Crippen LogP contribution in [-0.2, 0) is 10.0 Å². The van der Waals surface area contributed by atoms with E-state index in [1.54, 1.807) is 0 Å². The average Bonchev–Trinajstić information content (AvgIpc) is 2.82. The third kappa shape index (κ3) is 1.46. The quantitative estimate of drug-likeness (QED) is 0.551. The summed E-state index contributed by atoms with van der Waals surface area (Å²) < 4.78 is 23.9. The van der Waals surface area contributed by atoms with E-state index in [9.17, 15) is 8.42 Å². The number of sulfonamides is 1. The molecule has 0 radical (unpaired) electrons. The molecule has 0 heterocycles. The molecule has 1 aliphatic carbocycles. The molecule has 0 spiro atoms. The van der Waals surface area contributed by atoms with Crippen molar-refractivity contribution in [3.63, 3.8) is 0 Å². The molecule has 0 unspecified atom stereocenters. The first kappa shape index (κ1) is 9.52. The van der Waals surface area contributed by atoms with E-state index in [1.807, 2.05) is 0 Å². The molecule has 1 aliphatic rings. The fourth-order valence-electron chi connectivity index (χ4n) is 0.970. The highest BCUT2D eigenvalue weighted by molar-refractivity contribution is 7.91. The molecule has 0 aromatic rings. The first-order chi connectivity index (χ1) is 5.58. The van der Waals surface area contributed by atoms with Gasteiger partial charge in [-0.2, -0.15) is 0 Å². The topological polar surface area (TPSA) is 66.4 Å². The lowest BCUT2D eigenvalue weighted by atomic mass is 10.4. The molecular weight excluding hydrogens is 178 g/mol. The second-order valence-electron chi connectivity index (χ2n) is 2.66. The van der Waals surface area contributed by atoms with Gasteiger partial charge in [0, 0.05) is 0 Å². The SMILES string of the molecule is CNS(=O)(=O)C1(C#CCO)CC1. The van der Waals surface area contributed by atoms with E-state index < -0.39 is 14.8 Å². The highest BCUT2D eigenvalue weighted by atomic mass is 32.2. The summed E-state index contributed by atoms with van der Waals surface area (Å²) in [6.07, 6.45) is 1.12. The van der Waals surface area contributed by atoms with Gasteiger partial charge in [0.1, 0.15) is 11.4 Å². The maximum Gasteiger partial charge on any atom is 0.228 e. The lowest BCUT2D eigenvalue weighted by Gasteiger charge is -2.06. The van der Waals surface area contributed by atoms with E-state index in [1.165, 1.54) is 7.05 Å². The largest absolute Gasteiger partial charge is 0.384 e. The Morgan fingerprint density at radius 1 is 1.58 bits per heavy atom. The minimum absolute atomic E-state index is 0.291. The van der Waals surface area contributed by atoms with Crippen LogP contribution in [-0.4, -0.2) is 31.9 Å². The van der Waals surface area contributed by atoms with Crippen molar-refractivity contribution in [3.8, 4) is 11.8 Å². The van der Waals surface area contributed by atoms with Gasteiger partial charge in [-0.1, -0.05) is 11.8 Å². The minimum atomic E-state index is -3.29. The van der Waals surface area contributed by atoms with Gasteiger partial charge in [-0.15, -0.1) is 0 Å². The molecule has 0 aliphatic heterocycles. The molecule has 4 nitrogen and oxygen atoms in total. The zero-order valence-corrected chi connectivity index (χ0v) is 7.61. The molecule has 68 valence electrons. The van der Waals surface area contributed by atoms with Crippen LogP contribution in [0.1, 0.15) is 12.8 Å². The van der Waals surface area contributed by atoms with Crippen molar-refractivity contribution in [2.75, 3.05) is 13.7 Å². The number of nitrogens with one attached hydrogen (secondary N) is 1. The zero-order chi connectivity index (χ0) is 9.24. The van der Waals surface area contributed by atoms with Crippen LogP contribution in [0, 0.1) is 11.8 Å². The summed E-state index contributed by atoms with van der Waals surface area (Å²) in [5, 5.41) is 8.41. The standard InChI is InChI=1S/C7H11NO3S/c1-8-12(10,11)7(4-5-7)3-2-6-9/h8-9H,4-6H2,1H3. The number of hydrogen-bond acceptors (Lipinski definition) is 3. The molecule has 5 heteroatoms. The number of rotatable bonds is 2. The van der Waals surface area contributed by atoms with Crippen molar-refractivity contribution in [1.29, 1.82) is 0 Å². The minimum Gasteiger partial charge on any atom is -0.384 e. The molecule has 1 rings (SSSR count). The van der Waals surface area contributed by atoms with Crippen LogP contribution in [0.2, 0.25) is 0 Å². The summed E-state index contributed by atoms with van der Waals surface area (Å²) in [5.41, 5.74) is 0. The summed E-state index contributed by atoms with van der Waals surface area (Å²) in [5.74, 6) is 4.94. The highest BCUT2D eigenvalue weighted by Gasteiger charge is 2.53. The van der Waals surface area contributed by atoms with Crippen LogP contribution in [0.4, 0.5) is 0 Å². The van der Waals surface area contributed by atoms with Crippen molar-refractivity contribution < 1.29 is 13.5 Å². The molecule has 12 heavy (non-hydrogen) atoms. The second-order valence-corrected chi connectivity index (χ2v) is 4.86. The summed E-state index contributed by atoms with van der Waals surface area (Å²) >= 11 is 0. The third-order valence-corrected chi connectivity index (χ3v) is 3.96. The summed E-state index contributed by atoms with van der Waals surface area (Å²) in [7, 11) is -1.92. The molecule has 0 aromatic carbocycles. The Balaban J connectivity index is 2.88. The van der Waals surface area contributed by atoms with Crippen molar-refractivity contribution in [1.82, 2.24) is 4.72 Å². The molecule has 0 aromatic heterocycles. The highest BCUT2D eigenvalue weighted by Crippen LogP contribution is 2.42.